The lowest BCUT2D eigenvalue weighted by atomic mass is 10.1. The van der Waals surface area contributed by atoms with Crippen molar-refractivity contribution in [2.75, 3.05) is 0 Å². The summed E-state index contributed by atoms with van der Waals surface area (Å²) in [5.41, 5.74) is 0.857. The lowest BCUT2D eigenvalue weighted by Crippen LogP contribution is -2.15. The van der Waals surface area contributed by atoms with Crippen molar-refractivity contribution < 1.29 is 17.3 Å². The summed E-state index contributed by atoms with van der Waals surface area (Å²) < 4.78 is 54.8. The number of hydrogen-bond acceptors (Lipinski definition) is 3. The smallest absolute Gasteiger partial charge is 0.268 e. The van der Waals surface area contributed by atoms with Crippen molar-refractivity contribution in [1.29, 1.82) is 0 Å². The van der Waals surface area contributed by atoms with Gasteiger partial charge in [0.25, 0.3) is 10.0 Å². The Morgan fingerprint density at radius 3 is 2.37 bits per heavy atom. The standard InChI is InChI=1S/C25H19NO3S/c1-17-11-13-20(14-12-17)30(28,29)26-22-10-6-5-9-21(22)24-23(26)16-19(25(24)27)15-18-7-3-2-4-8-18/h2-15H,16H2,1H3/b19-15+/i15D,16D2. The number of nitrogens with zero attached hydrogens (tertiary/aromatic N) is 1. The van der Waals surface area contributed by atoms with Gasteiger partial charge in [0, 0.05) is 20.1 Å². The van der Waals surface area contributed by atoms with Crippen molar-refractivity contribution >= 4 is 32.8 Å². The second kappa shape index (κ2) is 6.82. The first-order valence-electron chi connectivity index (χ1n) is 10.9. The minimum Gasteiger partial charge on any atom is -0.289 e. The van der Waals surface area contributed by atoms with Crippen molar-refractivity contribution in [3.8, 4) is 0 Å². The fourth-order valence-corrected chi connectivity index (χ4v) is 5.16. The summed E-state index contributed by atoms with van der Waals surface area (Å²) in [7, 11) is -4.23. The van der Waals surface area contributed by atoms with Gasteiger partial charge in [-0.3, -0.25) is 4.79 Å². The fourth-order valence-electron chi connectivity index (χ4n) is 3.67. The van der Waals surface area contributed by atoms with Crippen LogP contribution in [0.5, 0.6) is 0 Å². The number of hydrogen-bond donors (Lipinski definition) is 0. The number of Topliss-reactive ketones (excluding diaryl/α,β-unsaturated/α-hetero) is 1. The monoisotopic (exact) mass is 416 g/mol. The highest BCUT2D eigenvalue weighted by atomic mass is 32.2. The number of benzene rings is 3. The third-order valence-electron chi connectivity index (χ3n) is 5.13. The van der Waals surface area contributed by atoms with E-state index < -0.39 is 22.2 Å². The summed E-state index contributed by atoms with van der Waals surface area (Å²) in [5.74, 6) is -0.669. The maximum atomic E-state index is 13.7. The van der Waals surface area contributed by atoms with E-state index in [-0.39, 0.29) is 33.3 Å². The average Bonchev–Trinajstić information content (AvgIpc) is 3.25. The molecule has 0 radical (unpaired) electrons. The van der Waals surface area contributed by atoms with Crippen LogP contribution in [0.1, 0.15) is 31.3 Å². The highest BCUT2D eigenvalue weighted by Crippen LogP contribution is 2.38. The van der Waals surface area contributed by atoms with Gasteiger partial charge in [0.15, 0.2) is 5.78 Å². The molecule has 5 heteroatoms. The molecule has 0 N–H and O–H groups in total. The molecule has 0 spiro atoms. The number of carbonyl (C=O) groups excluding carboxylic acids is 1. The lowest BCUT2D eigenvalue weighted by molar-refractivity contribution is 0.104. The third kappa shape index (κ3) is 2.82. The van der Waals surface area contributed by atoms with Gasteiger partial charge in [0.2, 0.25) is 0 Å². The number of allylic oxidation sites excluding steroid dienone is 1. The molecule has 0 fully saturated rings. The Bertz CT molecular complexity index is 1570. The highest BCUT2D eigenvalue weighted by molar-refractivity contribution is 7.90. The number of aryl methyl sites for hydroxylation is 1. The molecule has 0 amide bonds. The molecule has 0 bridgehead atoms. The number of carbonyl (C=O) groups is 1. The largest absolute Gasteiger partial charge is 0.289 e. The summed E-state index contributed by atoms with van der Waals surface area (Å²) in [6.45, 7) is 1.84. The van der Waals surface area contributed by atoms with Gasteiger partial charge in [-0.05, 0) is 36.7 Å². The number of aromatic nitrogens is 1. The molecule has 148 valence electrons. The Morgan fingerprint density at radius 1 is 0.967 bits per heavy atom. The normalized spacial score (nSPS) is 18.6. The fraction of sp³-hybridized carbons (Fsp3) is 0.0800. The summed E-state index contributed by atoms with van der Waals surface area (Å²) in [4.78, 5) is 13.5. The van der Waals surface area contributed by atoms with E-state index in [4.69, 9.17) is 4.11 Å². The summed E-state index contributed by atoms with van der Waals surface area (Å²) >= 11 is 0. The molecule has 0 saturated carbocycles. The highest BCUT2D eigenvalue weighted by Gasteiger charge is 2.35. The third-order valence-corrected chi connectivity index (χ3v) is 6.86. The van der Waals surface area contributed by atoms with Crippen LogP contribution in [0.2, 0.25) is 0 Å². The lowest BCUT2D eigenvalue weighted by Gasteiger charge is -2.11. The predicted octanol–water partition coefficient (Wildman–Crippen LogP) is 5.01. The van der Waals surface area contributed by atoms with E-state index in [0.29, 0.717) is 10.9 Å². The van der Waals surface area contributed by atoms with Crippen molar-refractivity contribution in [1.82, 2.24) is 3.97 Å². The molecule has 0 saturated heterocycles. The molecule has 0 unspecified atom stereocenters. The van der Waals surface area contributed by atoms with Crippen LogP contribution in [0.25, 0.3) is 17.0 Å². The van der Waals surface area contributed by atoms with E-state index in [1.54, 1.807) is 66.7 Å². The van der Waals surface area contributed by atoms with E-state index in [2.05, 4.69) is 0 Å². The molecular formula is C25H19NO3S. The van der Waals surface area contributed by atoms with Gasteiger partial charge in [-0.2, -0.15) is 0 Å². The topological polar surface area (TPSA) is 56.1 Å². The second-order valence-corrected chi connectivity index (χ2v) is 8.93. The van der Waals surface area contributed by atoms with Crippen molar-refractivity contribution in [2.45, 2.75) is 18.2 Å². The van der Waals surface area contributed by atoms with Crippen LogP contribution in [0.15, 0.2) is 89.3 Å². The molecule has 0 aliphatic heterocycles. The Kier molecular flexibility index (Phi) is 3.50. The van der Waals surface area contributed by atoms with E-state index >= 15 is 0 Å². The maximum Gasteiger partial charge on any atom is 0.268 e. The van der Waals surface area contributed by atoms with Gasteiger partial charge < -0.3 is 0 Å². The molecule has 3 aromatic carbocycles. The first-order valence-corrected chi connectivity index (χ1v) is 10.9. The van der Waals surface area contributed by atoms with Crippen LogP contribution >= 0.6 is 0 Å². The van der Waals surface area contributed by atoms with Gasteiger partial charge in [-0.15, -0.1) is 0 Å². The molecule has 1 aromatic heterocycles. The summed E-state index contributed by atoms with van der Waals surface area (Å²) in [6, 6.07) is 20.9. The molecule has 1 heterocycles. The molecular weight excluding hydrogens is 394 g/mol. The number of fused-ring (bicyclic) bond motifs is 3. The Morgan fingerprint density at radius 2 is 1.63 bits per heavy atom. The molecule has 1 aliphatic carbocycles. The minimum atomic E-state index is -4.23. The Hall–Kier alpha value is -3.44. The Balaban J connectivity index is 1.86. The maximum absolute atomic E-state index is 13.7. The molecule has 1 aliphatic rings. The summed E-state index contributed by atoms with van der Waals surface area (Å²) in [5, 5.41) is 0.341. The van der Waals surface area contributed by atoms with Gasteiger partial charge in [0.1, 0.15) is 0 Å². The SMILES string of the molecule is [2H]/C(=C1\C(=O)c2c(n(S(=O)(=O)c3ccc(C)cc3)c3ccccc23)C1([2H])[2H])c1ccccc1. The van der Waals surface area contributed by atoms with Crippen molar-refractivity contribution in [3.05, 3.63) is 107 Å². The van der Waals surface area contributed by atoms with E-state index in [9.17, 15) is 13.2 Å². The van der Waals surface area contributed by atoms with Crippen LogP contribution in [-0.2, 0) is 16.4 Å². The molecule has 4 aromatic rings. The molecule has 30 heavy (non-hydrogen) atoms. The minimum absolute atomic E-state index is 0.00788. The number of rotatable bonds is 3. The first kappa shape index (κ1) is 15.4. The van der Waals surface area contributed by atoms with Crippen molar-refractivity contribution in [3.63, 3.8) is 0 Å². The zero-order chi connectivity index (χ0) is 23.5. The molecule has 4 nitrogen and oxygen atoms in total. The zero-order valence-corrected chi connectivity index (χ0v) is 16.9. The summed E-state index contributed by atoms with van der Waals surface area (Å²) in [6.07, 6.45) is -2.49. The van der Waals surface area contributed by atoms with Gasteiger partial charge in [0.05, 0.1) is 23.0 Å². The van der Waals surface area contributed by atoms with Crippen molar-refractivity contribution in [2.24, 2.45) is 0 Å². The van der Waals surface area contributed by atoms with Crippen LogP contribution < -0.4 is 0 Å². The number of ketones is 1. The van der Waals surface area contributed by atoms with Crippen LogP contribution in [0.4, 0.5) is 0 Å². The Labute approximate surface area is 179 Å². The van der Waals surface area contributed by atoms with E-state index in [0.717, 1.165) is 9.54 Å². The first-order chi connectivity index (χ1) is 15.7. The second-order valence-electron chi connectivity index (χ2n) is 7.14. The van der Waals surface area contributed by atoms with E-state index in [1.165, 1.54) is 12.1 Å². The molecule has 5 rings (SSSR count). The zero-order valence-electron chi connectivity index (χ0n) is 19.1. The van der Waals surface area contributed by atoms with Gasteiger partial charge in [-0.25, -0.2) is 12.4 Å². The van der Waals surface area contributed by atoms with Crippen LogP contribution in [-0.4, -0.2) is 18.2 Å². The van der Waals surface area contributed by atoms with Gasteiger partial charge in [-0.1, -0.05) is 66.2 Å². The average molecular weight is 417 g/mol. The quantitative estimate of drug-likeness (QED) is 0.441. The number of para-hydroxylation sites is 1. The van der Waals surface area contributed by atoms with Gasteiger partial charge >= 0.3 is 0 Å². The predicted molar refractivity (Wildman–Crippen MR) is 118 cm³/mol. The molecule has 0 atom stereocenters. The van der Waals surface area contributed by atoms with Crippen LogP contribution in [0, 0.1) is 6.92 Å². The van der Waals surface area contributed by atoms with Crippen LogP contribution in [0.3, 0.4) is 0 Å². The van der Waals surface area contributed by atoms with E-state index in [1.807, 2.05) is 6.92 Å².